The summed E-state index contributed by atoms with van der Waals surface area (Å²) in [5, 5.41) is 10.6. The van der Waals surface area contributed by atoms with Gasteiger partial charge in [0.2, 0.25) is 0 Å². The first-order valence-corrected chi connectivity index (χ1v) is 9.04. The minimum atomic E-state index is -0.963. The zero-order valence-corrected chi connectivity index (χ0v) is 16.4. The third-order valence-electron chi connectivity index (χ3n) is 5.07. The first-order valence-electron chi connectivity index (χ1n) is 9.04. The van der Waals surface area contributed by atoms with Crippen LogP contribution in [0.4, 0.5) is 4.79 Å². The standard InChI is InChI=1S/C20H25NO7/c1-21(2)20(24)28-12-8-14(22)18-17(9-12)27-10-13(19(18)23)11-5-6-15(25-3)16(7-11)26-4/h5-7,10,12,14,17-18,22H,8-9H2,1-4H3. The lowest BCUT2D eigenvalue weighted by molar-refractivity contribution is -0.137. The molecule has 1 aromatic carbocycles. The molecule has 1 aliphatic carbocycles. The lowest BCUT2D eigenvalue weighted by atomic mass is 9.76. The molecule has 1 fully saturated rings. The lowest BCUT2D eigenvalue weighted by Gasteiger charge is -2.40. The van der Waals surface area contributed by atoms with E-state index in [0.717, 1.165) is 0 Å². The molecule has 1 aliphatic heterocycles. The van der Waals surface area contributed by atoms with Crippen LogP contribution in [0.25, 0.3) is 5.57 Å². The molecule has 1 aromatic rings. The molecule has 1 heterocycles. The predicted octanol–water partition coefficient (Wildman–Crippen LogP) is 1.85. The zero-order chi connectivity index (χ0) is 20.4. The zero-order valence-electron chi connectivity index (χ0n) is 16.4. The van der Waals surface area contributed by atoms with Crippen molar-refractivity contribution in [3.63, 3.8) is 0 Å². The molecule has 1 N–H and O–H groups in total. The van der Waals surface area contributed by atoms with Crippen molar-refractivity contribution in [3.05, 3.63) is 30.0 Å². The van der Waals surface area contributed by atoms with Crippen molar-refractivity contribution in [1.82, 2.24) is 4.90 Å². The Labute approximate surface area is 163 Å². The van der Waals surface area contributed by atoms with Crippen molar-refractivity contribution in [2.75, 3.05) is 28.3 Å². The Balaban J connectivity index is 1.80. The average Bonchev–Trinajstić information content (AvgIpc) is 2.67. The number of carbonyl (C=O) groups excluding carboxylic acids is 2. The monoisotopic (exact) mass is 391 g/mol. The van der Waals surface area contributed by atoms with Crippen LogP contribution in [0.2, 0.25) is 0 Å². The van der Waals surface area contributed by atoms with Crippen LogP contribution in [0, 0.1) is 5.92 Å². The van der Waals surface area contributed by atoms with Crippen LogP contribution in [-0.2, 0) is 14.3 Å². The number of ether oxygens (including phenoxy) is 4. The predicted molar refractivity (Wildman–Crippen MR) is 100 cm³/mol. The molecule has 1 saturated carbocycles. The van der Waals surface area contributed by atoms with Crippen LogP contribution < -0.4 is 9.47 Å². The molecule has 3 rings (SSSR count). The van der Waals surface area contributed by atoms with Gasteiger partial charge in [-0.3, -0.25) is 4.79 Å². The van der Waals surface area contributed by atoms with E-state index in [0.29, 0.717) is 29.1 Å². The Kier molecular flexibility index (Phi) is 5.79. The first kappa shape index (κ1) is 20.0. The van der Waals surface area contributed by atoms with Gasteiger partial charge in [-0.05, 0) is 17.7 Å². The van der Waals surface area contributed by atoms with Gasteiger partial charge in [0.1, 0.15) is 12.2 Å². The van der Waals surface area contributed by atoms with Gasteiger partial charge in [-0.25, -0.2) is 4.79 Å². The fraction of sp³-hybridized carbons (Fsp3) is 0.500. The fourth-order valence-electron chi connectivity index (χ4n) is 3.60. The fourth-order valence-corrected chi connectivity index (χ4v) is 3.60. The van der Waals surface area contributed by atoms with Gasteiger partial charge in [0.15, 0.2) is 17.3 Å². The second-order valence-corrected chi connectivity index (χ2v) is 7.10. The van der Waals surface area contributed by atoms with Gasteiger partial charge in [0.05, 0.1) is 38.1 Å². The molecule has 8 heteroatoms. The Morgan fingerprint density at radius 2 is 1.89 bits per heavy atom. The van der Waals surface area contributed by atoms with Gasteiger partial charge in [-0.15, -0.1) is 0 Å². The molecule has 4 atom stereocenters. The molecule has 0 aromatic heterocycles. The molecule has 0 spiro atoms. The van der Waals surface area contributed by atoms with Crippen LogP contribution in [0.5, 0.6) is 11.5 Å². The number of benzene rings is 1. The van der Waals surface area contributed by atoms with Gasteiger partial charge in [0.25, 0.3) is 0 Å². The van der Waals surface area contributed by atoms with Gasteiger partial charge >= 0.3 is 6.09 Å². The number of amides is 1. The second kappa shape index (κ2) is 8.10. The maximum absolute atomic E-state index is 13.1. The van der Waals surface area contributed by atoms with E-state index in [-0.39, 0.29) is 12.2 Å². The van der Waals surface area contributed by atoms with E-state index in [1.54, 1.807) is 32.3 Å². The largest absolute Gasteiger partial charge is 0.496 e. The number of carbonyl (C=O) groups is 2. The Morgan fingerprint density at radius 3 is 2.54 bits per heavy atom. The van der Waals surface area contributed by atoms with E-state index in [1.807, 2.05) is 0 Å². The highest BCUT2D eigenvalue weighted by atomic mass is 16.6. The highest BCUT2D eigenvalue weighted by Gasteiger charge is 2.46. The number of aliphatic hydroxyl groups is 1. The summed E-state index contributed by atoms with van der Waals surface area (Å²) in [6, 6.07) is 5.15. The summed E-state index contributed by atoms with van der Waals surface area (Å²) in [6.45, 7) is 0. The molecule has 0 radical (unpaired) electrons. The number of rotatable bonds is 4. The molecule has 152 valence electrons. The molecule has 2 aliphatic rings. The second-order valence-electron chi connectivity index (χ2n) is 7.10. The van der Waals surface area contributed by atoms with Gasteiger partial charge < -0.3 is 29.0 Å². The number of ketones is 1. The van der Waals surface area contributed by atoms with Crippen molar-refractivity contribution >= 4 is 17.4 Å². The average molecular weight is 391 g/mol. The number of allylic oxidation sites excluding steroid dienone is 1. The Morgan fingerprint density at radius 1 is 1.18 bits per heavy atom. The van der Waals surface area contributed by atoms with E-state index >= 15 is 0 Å². The molecule has 0 bridgehead atoms. The number of hydrogen-bond donors (Lipinski definition) is 1. The Hall–Kier alpha value is -2.74. The first-order chi connectivity index (χ1) is 13.3. The van der Waals surface area contributed by atoms with E-state index < -0.39 is 30.3 Å². The van der Waals surface area contributed by atoms with E-state index in [4.69, 9.17) is 18.9 Å². The quantitative estimate of drug-likeness (QED) is 0.837. The molecule has 0 saturated heterocycles. The Bertz CT molecular complexity index is 789. The number of aliphatic hydroxyl groups excluding tert-OH is 1. The number of Topliss-reactive ketones (excluding diaryl/α,β-unsaturated/α-hetero) is 1. The maximum atomic E-state index is 13.1. The summed E-state index contributed by atoms with van der Waals surface area (Å²) in [4.78, 5) is 26.2. The van der Waals surface area contributed by atoms with Crippen molar-refractivity contribution in [2.45, 2.75) is 31.2 Å². The number of hydrogen-bond acceptors (Lipinski definition) is 7. The minimum Gasteiger partial charge on any atom is -0.496 e. The van der Waals surface area contributed by atoms with Crippen molar-refractivity contribution in [2.24, 2.45) is 5.92 Å². The molecular weight excluding hydrogens is 366 g/mol. The van der Waals surface area contributed by atoms with Crippen LogP contribution in [0.1, 0.15) is 18.4 Å². The summed E-state index contributed by atoms with van der Waals surface area (Å²) in [6.07, 6.45) is -0.546. The van der Waals surface area contributed by atoms with Crippen molar-refractivity contribution in [3.8, 4) is 11.5 Å². The van der Waals surface area contributed by atoms with Crippen LogP contribution in [-0.4, -0.2) is 68.5 Å². The summed E-state index contributed by atoms with van der Waals surface area (Å²) >= 11 is 0. The highest BCUT2D eigenvalue weighted by molar-refractivity contribution is 6.22. The number of fused-ring (bicyclic) bond motifs is 1. The molecular formula is C20H25NO7. The molecule has 8 nitrogen and oxygen atoms in total. The summed E-state index contributed by atoms with van der Waals surface area (Å²) in [5.41, 5.74) is 0.986. The summed E-state index contributed by atoms with van der Waals surface area (Å²) in [5.74, 6) is 0.142. The third-order valence-corrected chi connectivity index (χ3v) is 5.07. The molecule has 1 amide bonds. The number of nitrogens with zero attached hydrogens (tertiary/aromatic N) is 1. The van der Waals surface area contributed by atoms with E-state index in [9.17, 15) is 14.7 Å². The minimum absolute atomic E-state index is 0.190. The smallest absolute Gasteiger partial charge is 0.409 e. The van der Waals surface area contributed by atoms with Gasteiger partial charge in [-0.2, -0.15) is 0 Å². The highest BCUT2D eigenvalue weighted by Crippen LogP contribution is 2.39. The topological polar surface area (TPSA) is 94.5 Å². The SMILES string of the molecule is COc1ccc(C2=COC3CC(OC(=O)N(C)C)CC(O)C3C2=O)cc1OC. The molecule has 28 heavy (non-hydrogen) atoms. The maximum Gasteiger partial charge on any atom is 0.409 e. The van der Waals surface area contributed by atoms with Crippen LogP contribution in [0.15, 0.2) is 24.5 Å². The summed E-state index contributed by atoms with van der Waals surface area (Å²) in [7, 11) is 6.23. The van der Waals surface area contributed by atoms with Gasteiger partial charge in [-0.1, -0.05) is 6.07 Å². The lowest BCUT2D eigenvalue weighted by Crippen LogP contribution is -2.50. The third kappa shape index (κ3) is 3.77. The normalized spacial score (nSPS) is 26.5. The number of methoxy groups -OCH3 is 2. The van der Waals surface area contributed by atoms with Crippen LogP contribution in [0.3, 0.4) is 0 Å². The van der Waals surface area contributed by atoms with Gasteiger partial charge in [0, 0.05) is 26.9 Å². The van der Waals surface area contributed by atoms with Crippen molar-refractivity contribution in [1.29, 1.82) is 0 Å². The van der Waals surface area contributed by atoms with E-state index in [2.05, 4.69) is 0 Å². The van der Waals surface area contributed by atoms with Crippen molar-refractivity contribution < 1.29 is 33.6 Å². The summed E-state index contributed by atoms with van der Waals surface area (Å²) < 4.78 is 21.6. The van der Waals surface area contributed by atoms with E-state index in [1.165, 1.54) is 25.4 Å². The van der Waals surface area contributed by atoms with Crippen LogP contribution >= 0.6 is 0 Å². The molecule has 4 unspecified atom stereocenters.